The van der Waals surface area contributed by atoms with Crippen molar-refractivity contribution >= 4 is 11.8 Å². The third-order valence-corrected chi connectivity index (χ3v) is 3.38. The zero-order chi connectivity index (χ0) is 13.0. The van der Waals surface area contributed by atoms with Crippen LogP contribution in [0.3, 0.4) is 0 Å². The van der Waals surface area contributed by atoms with Crippen LogP contribution < -0.4 is 5.32 Å². The molecule has 2 heterocycles. The number of likely N-dealkylation sites (tertiary alicyclic amines) is 1. The number of pyridine rings is 1. The first-order valence-corrected chi connectivity index (χ1v) is 6.28. The number of aromatic carboxylic acids is 1. The highest BCUT2D eigenvalue weighted by Gasteiger charge is 2.16. The summed E-state index contributed by atoms with van der Waals surface area (Å²) in [4.78, 5) is 17.2. The first kappa shape index (κ1) is 12.8. The molecule has 18 heavy (non-hydrogen) atoms. The van der Waals surface area contributed by atoms with Crippen molar-refractivity contribution in [2.75, 3.05) is 32.0 Å². The molecule has 1 fully saturated rings. The van der Waals surface area contributed by atoms with Crippen molar-refractivity contribution in [3.8, 4) is 0 Å². The lowest BCUT2D eigenvalue weighted by Gasteiger charge is -2.29. The van der Waals surface area contributed by atoms with Gasteiger partial charge in [-0.2, -0.15) is 0 Å². The van der Waals surface area contributed by atoms with E-state index in [0.29, 0.717) is 11.7 Å². The van der Waals surface area contributed by atoms with Gasteiger partial charge in [0.1, 0.15) is 5.82 Å². The molecule has 0 unspecified atom stereocenters. The maximum absolute atomic E-state index is 10.8. The van der Waals surface area contributed by atoms with E-state index in [1.165, 1.54) is 18.9 Å². The number of carboxylic acids is 1. The number of hydrogen-bond acceptors (Lipinski definition) is 4. The van der Waals surface area contributed by atoms with Crippen LogP contribution in [0.5, 0.6) is 0 Å². The highest BCUT2D eigenvalue weighted by Crippen LogP contribution is 2.16. The minimum Gasteiger partial charge on any atom is -0.477 e. The number of hydrogen-bond donors (Lipinski definition) is 2. The fourth-order valence-electron chi connectivity index (χ4n) is 2.17. The Morgan fingerprint density at radius 2 is 2.22 bits per heavy atom. The standard InChI is InChI=1S/C13H19N3O2/c1-16-7-5-10(6-8-16)9-14-12-4-2-3-11(15-12)13(17)18/h2-4,10H,5-9H2,1H3,(H,14,15)(H,17,18). The first-order chi connectivity index (χ1) is 8.65. The predicted molar refractivity (Wildman–Crippen MR) is 69.9 cm³/mol. The van der Waals surface area contributed by atoms with Crippen molar-refractivity contribution in [3.05, 3.63) is 23.9 Å². The van der Waals surface area contributed by atoms with Gasteiger partial charge in [-0.15, -0.1) is 0 Å². The lowest BCUT2D eigenvalue weighted by Crippen LogP contribution is -2.33. The molecule has 5 heteroatoms. The average Bonchev–Trinajstić information content (AvgIpc) is 2.38. The van der Waals surface area contributed by atoms with Crippen LogP contribution in [0.4, 0.5) is 5.82 Å². The molecule has 0 saturated carbocycles. The van der Waals surface area contributed by atoms with Crippen LogP contribution in [-0.4, -0.2) is 47.6 Å². The maximum atomic E-state index is 10.8. The van der Waals surface area contributed by atoms with E-state index in [4.69, 9.17) is 5.11 Å². The Morgan fingerprint density at radius 3 is 2.89 bits per heavy atom. The van der Waals surface area contributed by atoms with Gasteiger partial charge >= 0.3 is 5.97 Å². The van der Waals surface area contributed by atoms with Gasteiger partial charge in [-0.05, 0) is 51.0 Å². The number of piperidine rings is 1. The van der Waals surface area contributed by atoms with Gasteiger partial charge < -0.3 is 15.3 Å². The molecule has 0 atom stereocenters. The van der Waals surface area contributed by atoms with E-state index in [-0.39, 0.29) is 5.69 Å². The highest BCUT2D eigenvalue weighted by molar-refractivity contribution is 5.85. The van der Waals surface area contributed by atoms with Crippen LogP contribution >= 0.6 is 0 Å². The SMILES string of the molecule is CN1CCC(CNc2cccc(C(=O)O)n2)CC1. The van der Waals surface area contributed by atoms with E-state index in [0.717, 1.165) is 19.6 Å². The normalized spacial score (nSPS) is 17.6. The summed E-state index contributed by atoms with van der Waals surface area (Å²) < 4.78 is 0. The molecule has 0 bridgehead atoms. The predicted octanol–water partition coefficient (Wildman–Crippen LogP) is 1.53. The van der Waals surface area contributed by atoms with E-state index in [1.54, 1.807) is 12.1 Å². The van der Waals surface area contributed by atoms with Crippen molar-refractivity contribution in [3.63, 3.8) is 0 Å². The zero-order valence-corrected chi connectivity index (χ0v) is 10.6. The molecule has 2 rings (SSSR count). The van der Waals surface area contributed by atoms with Crippen molar-refractivity contribution in [1.82, 2.24) is 9.88 Å². The monoisotopic (exact) mass is 249 g/mol. The second-order valence-corrected chi connectivity index (χ2v) is 4.84. The molecular weight excluding hydrogens is 230 g/mol. The van der Waals surface area contributed by atoms with E-state index >= 15 is 0 Å². The molecule has 1 aromatic heterocycles. The molecule has 0 spiro atoms. The molecule has 1 saturated heterocycles. The Bertz CT molecular complexity index is 414. The summed E-state index contributed by atoms with van der Waals surface area (Å²) in [6, 6.07) is 5.03. The van der Waals surface area contributed by atoms with Gasteiger partial charge in [-0.1, -0.05) is 6.07 Å². The zero-order valence-electron chi connectivity index (χ0n) is 10.6. The molecule has 1 aromatic rings. The fraction of sp³-hybridized carbons (Fsp3) is 0.538. The quantitative estimate of drug-likeness (QED) is 0.847. The number of carboxylic acid groups (broad SMARTS) is 1. The molecule has 0 aliphatic carbocycles. The number of carbonyl (C=O) groups is 1. The topological polar surface area (TPSA) is 65.5 Å². The third-order valence-electron chi connectivity index (χ3n) is 3.38. The van der Waals surface area contributed by atoms with Gasteiger partial charge in [0.25, 0.3) is 0 Å². The second kappa shape index (κ2) is 5.82. The fourth-order valence-corrected chi connectivity index (χ4v) is 2.17. The van der Waals surface area contributed by atoms with Gasteiger partial charge in [0.2, 0.25) is 0 Å². The molecule has 0 radical (unpaired) electrons. The number of aromatic nitrogens is 1. The Balaban J connectivity index is 1.86. The van der Waals surface area contributed by atoms with Gasteiger partial charge in [-0.3, -0.25) is 0 Å². The van der Waals surface area contributed by atoms with E-state index in [9.17, 15) is 4.79 Å². The lowest BCUT2D eigenvalue weighted by atomic mass is 9.97. The number of rotatable bonds is 4. The average molecular weight is 249 g/mol. The third kappa shape index (κ3) is 3.43. The van der Waals surface area contributed by atoms with Gasteiger partial charge in [0, 0.05) is 6.54 Å². The lowest BCUT2D eigenvalue weighted by molar-refractivity contribution is 0.0690. The molecule has 5 nitrogen and oxygen atoms in total. The summed E-state index contributed by atoms with van der Waals surface area (Å²) >= 11 is 0. The molecule has 0 amide bonds. The molecule has 1 aliphatic heterocycles. The van der Waals surface area contributed by atoms with Crippen LogP contribution in [0.2, 0.25) is 0 Å². The van der Waals surface area contributed by atoms with Crippen LogP contribution in [0.25, 0.3) is 0 Å². The van der Waals surface area contributed by atoms with Gasteiger partial charge in [-0.25, -0.2) is 9.78 Å². The van der Waals surface area contributed by atoms with Crippen LogP contribution in [-0.2, 0) is 0 Å². The summed E-state index contributed by atoms with van der Waals surface area (Å²) in [5, 5.41) is 12.1. The largest absolute Gasteiger partial charge is 0.477 e. The Kier molecular flexibility index (Phi) is 4.15. The minimum absolute atomic E-state index is 0.0865. The molecular formula is C13H19N3O2. The smallest absolute Gasteiger partial charge is 0.354 e. The molecule has 2 N–H and O–H groups in total. The van der Waals surface area contributed by atoms with Crippen LogP contribution in [0.15, 0.2) is 18.2 Å². The molecule has 0 aromatic carbocycles. The Labute approximate surface area is 107 Å². The molecule has 98 valence electrons. The van der Waals surface area contributed by atoms with E-state index in [1.807, 2.05) is 0 Å². The van der Waals surface area contributed by atoms with E-state index in [2.05, 4.69) is 22.2 Å². The maximum Gasteiger partial charge on any atom is 0.354 e. The summed E-state index contributed by atoms with van der Waals surface area (Å²) in [6.07, 6.45) is 2.37. The Morgan fingerprint density at radius 1 is 1.50 bits per heavy atom. The summed E-state index contributed by atoms with van der Waals surface area (Å²) in [6.45, 7) is 3.13. The van der Waals surface area contributed by atoms with Crippen molar-refractivity contribution in [2.24, 2.45) is 5.92 Å². The minimum atomic E-state index is -0.988. The van der Waals surface area contributed by atoms with Crippen molar-refractivity contribution < 1.29 is 9.90 Å². The Hall–Kier alpha value is -1.62. The number of anilines is 1. The second-order valence-electron chi connectivity index (χ2n) is 4.84. The van der Waals surface area contributed by atoms with Crippen LogP contribution in [0.1, 0.15) is 23.3 Å². The van der Waals surface area contributed by atoms with Gasteiger partial charge in [0.15, 0.2) is 5.69 Å². The van der Waals surface area contributed by atoms with Crippen molar-refractivity contribution in [1.29, 1.82) is 0 Å². The van der Waals surface area contributed by atoms with Crippen molar-refractivity contribution in [2.45, 2.75) is 12.8 Å². The van der Waals surface area contributed by atoms with Crippen LogP contribution in [0, 0.1) is 5.92 Å². The summed E-state index contributed by atoms with van der Waals surface area (Å²) in [7, 11) is 2.14. The number of nitrogens with one attached hydrogen (secondary N) is 1. The summed E-state index contributed by atoms with van der Waals surface area (Å²) in [5.74, 6) is 0.309. The highest BCUT2D eigenvalue weighted by atomic mass is 16.4. The molecule has 1 aliphatic rings. The summed E-state index contributed by atoms with van der Waals surface area (Å²) in [5.41, 5.74) is 0.0865. The van der Waals surface area contributed by atoms with Gasteiger partial charge in [0.05, 0.1) is 0 Å². The van der Waals surface area contributed by atoms with E-state index < -0.39 is 5.97 Å². The first-order valence-electron chi connectivity index (χ1n) is 6.28. The number of nitrogens with zero attached hydrogens (tertiary/aromatic N) is 2.